The van der Waals surface area contributed by atoms with Crippen LogP contribution in [0.25, 0.3) is 33.9 Å². The molecule has 3 aliphatic heterocycles. The maximum absolute atomic E-state index is 14.2. The van der Waals surface area contributed by atoms with Crippen LogP contribution >= 0.6 is 0 Å². The van der Waals surface area contributed by atoms with E-state index in [9.17, 15) is 26.3 Å². The molecule has 42 heavy (non-hydrogen) atoms. The Morgan fingerprint density at radius 1 is 0.905 bits per heavy atom. The molecule has 0 N–H and O–H groups in total. The third-order valence-corrected chi connectivity index (χ3v) is 6.76. The Labute approximate surface area is 236 Å². The summed E-state index contributed by atoms with van der Waals surface area (Å²) in [6.07, 6.45) is -0.823. The average molecular weight is 582 g/mol. The lowest BCUT2D eigenvalue weighted by Gasteiger charge is -2.17. The predicted molar refractivity (Wildman–Crippen MR) is 142 cm³/mol. The van der Waals surface area contributed by atoms with E-state index < -0.39 is 35.5 Å². The number of halogens is 6. The molecule has 3 aromatic rings. The summed E-state index contributed by atoms with van der Waals surface area (Å²) in [5, 5.41) is 0. The summed E-state index contributed by atoms with van der Waals surface area (Å²) in [6, 6.07) is 17.0. The Balaban J connectivity index is 1.16. The van der Waals surface area contributed by atoms with E-state index in [1.807, 2.05) is 28.8 Å². The molecule has 1 unspecified atom stereocenters. The minimum Gasteiger partial charge on any atom is -0.489 e. The highest BCUT2D eigenvalue weighted by molar-refractivity contribution is 5.71. The summed E-state index contributed by atoms with van der Waals surface area (Å²) in [5.41, 5.74) is 3.26. The first-order chi connectivity index (χ1) is 20.1. The molecule has 3 heterocycles. The zero-order valence-corrected chi connectivity index (χ0v) is 21.7. The molecule has 3 aliphatic rings. The lowest BCUT2D eigenvalue weighted by molar-refractivity contribution is -0.135. The fraction of sp³-hybridized carbons (Fsp3) is 0.161. The lowest BCUT2D eigenvalue weighted by Crippen LogP contribution is -2.21. The van der Waals surface area contributed by atoms with Crippen molar-refractivity contribution in [3.63, 3.8) is 0 Å². The Hall–Kier alpha value is -4.80. The smallest absolute Gasteiger partial charge is 0.448 e. The Morgan fingerprint density at radius 3 is 2.45 bits per heavy atom. The van der Waals surface area contributed by atoms with Crippen LogP contribution in [-0.2, 0) is 11.3 Å². The first-order valence-electron chi connectivity index (χ1n) is 12.9. The van der Waals surface area contributed by atoms with E-state index in [-0.39, 0.29) is 30.2 Å². The summed E-state index contributed by atoms with van der Waals surface area (Å²) in [7, 11) is 0. The Morgan fingerprint density at radius 2 is 1.69 bits per heavy atom. The molecule has 0 aliphatic carbocycles. The number of pyridine rings is 1. The second-order valence-corrected chi connectivity index (χ2v) is 9.73. The van der Waals surface area contributed by atoms with E-state index in [1.165, 1.54) is 24.3 Å². The molecule has 3 aromatic carbocycles. The molecule has 5 nitrogen and oxygen atoms in total. The van der Waals surface area contributed by atoms with Crippen LogP contribution < -0.4 is 4.74 Å². The predicted octanol–water partition coefficient (Wildman–Crippen LogP) is 7.80. The standard InChI is InChI=1S/C31H21F6N3O2/c32-20-8-10-22(27(14-20)41-17-21-9-11-28(42-21)31(35,36)37)19-6-4-18(5-7-19)15-40-13-12-25-26(16-40)39-30(38-25)23-2-1-3-24(33)29(23)34/h1-8,10-14,16,21H,9,15,17H2. The normalized spacial score (nSPS) is 15.1. The molecule has 0 saturated carbocycles. The van der Waals surface area contributed by atoms with Crippen LogP contribution in [0.1, 0.15) is 12.0 Å². The molecular formula is C31H21F6N3O2. The van der Waals surface area contributed by atoms with Gasteiger partial charge in [-0.2, -0.15) is 13.2 Å². The van der Waals surface area contributed by atoms with Crippen molar-refractivity contribution in [1.29, 1.82) is 0 Å². The van der Waals surface area contributed by atoms with E-state index in [4.69, 9.17) is 9.47 Å². The van der Waals surface area contributed by atoms with Crippen molar-refractivity contribution in [2.75, 3.05) is 6.61 Å². The van der Waals surface area contributed by atoms with Gasteiger partial charge in [0.05, 0.1) is 11.3 Å². The summed E-state index contributed by atoms with van der Waals surface area (Å²) in [6.45, 7) is 0.287. The summed E-state index contributed by atoms with van der Waals surface area (Å²) in [4.78, 5) is 8.69. The van der Waals surface area contributed by atoms with Crippen LogP contribution in [-0.4, -0.2) is 33.4 Å². The van der Waals surface area contributed by atoms with Gasteiger partial charge in [0.2, 0.25) is 0 Å². The summed E-state index contributed by atoms with van der Waals surface area (Å²) < 4.78 is 92.9. The first kappa shape index (κ1) is 27.4. The number of nitrogens with zero attached hydrogens (tertiary/aromatic N) is 3. The van der Waals surface area contributed by atoms with Crippen LogP contribution in [0.5, 0.6) is 5.75 Å². The van der Waals surface area contributed by atoms with Crippen molar-refractivity contribution in [2.45, 2.75) is 25.2 Å². The van der Waals surface area contributed by atoms with Gasteiger partial charge < -0.3 is 14.0 Å². The van der Waals surface area contributed by atoms with E-state index in [0.717, 1.165) is 23.3 Å². The Bertz CT molecular complexity index is 1750. The second kappa shape index (κ2) is 10.9. The molecule has 0 amide bonds. The van der Waals surface area contributed by atoms with Gasteiger partial charge in [0, 0.05) is 37.0 Å². The number of rotatable bonds is 7. The largest absolute Gasteiger partial charge is 0.489 e. The number of aromatic nitrogens is 3. The van der Waals surface area contributed by atoms with Gasteiger partial charge >= 0.3 is 6.18 Å². The maximum Gasteiger partial charge on any atom is 0.448 e. The number of ether oxygens (including phenoxy) is 2. The number of hydrogen-bond donors (Lipinski definition) is 0. The third kappa shape index (κ3) is 5.67. The van der Waals surface area contributed by atoms with Crippen molar-refractivity contribution >= 4 is 0 Å². The van der Waals surface area contributed by atoms with Crippen molar-refractivity contribution in [3.05, 3.63) is 114 Å². The van der Waals surface area contributed by atoms with Crippen LogP contribution in [0, 0.1) is 17.5 Å². The molecule has 1 atom stereocenters. The molecule has 214 valence electrons. The highest BCUT2D eigenvalue weighted by Gasteiger charge is 2.40. The number of allylic oxidation sites excluding steroid dienone is 1. The van der Waals surface area contributed by atoms with Crippen molar-refractivity contribution in [2.24, 2.45) is 0 Å². The van der Waals surface area contributed by atoms with Gasteiger partial charge in [-0.3, -0.25) is 0 Å². The Kier molecular flexibility index (Phi) is 7.09. The molecular weight excluding hydrogens is 560 g/mol. The average Bonchev–Trinajstić information content (AvgIpc) is 3.61. The van der Waals surface area contributed by atoms with Gasteiger partial charge in [0.25, 0.3) is 0 Å². The number of benzene rings is 3. The third-order valence-electron chi connectivity index (χ3n) is 6.76. The molecule has 0 spiro atoms. The van der Waals surface area contributed by atoms with E-state index >= 15 is 0 Å². The molecule has 0 aromatic heterocycles. The second-order valence-electron chi connectivity index (χ2n) is 9.73. The van der Waals surface area contributed by atoms with Crippen LogP contribution in [0.15, 0.2) is 91.0 Å². The lowest BCUT2D eigenvalue weighted by atomic mass is 10.0. The molecule has 11 heteroatoms. The number of fused-ring (bicyclic) bond motifs is 1. The van der Waals surface area contributed by atoms with Gasteiger partial charge in [-0.15, -0.1) is 0 Å². The van der Waals surface area contributed by atoms with Gasteiger partial charge in [0.1, 0.15) is 30.0 Å². The molecule has 0 saturated heterocycles. The van der Waals surface area contributed by atoms with Gasteiger partial charge in [-0.25, -0.2) is 23.1 Å². The fourth-order valence-corrected chi connectivity index (χ4v) is 4.68. The highest BCUT2D eigenvalue weighted by atomic mass is 19.4. The topological polar surface area (TPSA) is 49.2 Å². The van der Waals surface area contributed by atoms with Crippen molar-refractivity contribution in [1.82, 2.24) is 14.5 Å². The zero-order chi connectivity index (χ0) is 29.4. The minimum atomic E-state index is -4.56. The van der Waals surface area contributed by atoms with Crippen LogP contribution in [0.4, 0.5) is 26.3 Å². The highest BCUT2D eigenvalue weighted by Crippen LogP contribution is 2.35. The zero-order valence-electron chi connectivity index (χ0n) is 21.7. The van der Waals surface area contributed by atoms with Crippen LogP contribution in [0.3, 0.4) is 0 Å². The van der Waals surface area contributed by atoms with E-state index in [2.05, 4.69) is 9.97 Å². The monoisotopic (exact) mass is 581 g/mol. The van der Waals surface area contributed by atoms with E-state index in [0.29, 0.717) is 23.5 Å². The number of imidazole rings is 1. The van der Waals surface area contributed by atoms with Gasteiger partial charge in [-0.05, 0) is 47.5 Å². The molecule has 0 fully saturated rings. The van der Waals surface area contributed by atoms with Crippen molar-refractivity contribution < 1.29 is 35.8 Å². The van der Waals surface area contributed by atoms with Gasteiger partial charge in [0.15, 0.2) is 23.2 Å². The van der Waals surface area contributed by atoms with E-state index in [1.54, 1.807) is 24.5 Å². The fourth-order valence-electron chi connectivity index (χ4n) is 4.68. The molecule has 6 rings (SSSR count). The number of hydrogen-bond acceptors (Lipinski definition) is 4. The van der Waals surface area contributed by atoms with Crippen LogP contribution in [0.2, 0.25) is 0 Å². The number of alkyl halides is 3. The molecule has 0 bridgehead atoms. The summed E-state index contributed by atoms with van der Waals surface area (Å²) in [5.74, 6) is -3.29. The quantitative estimate of drug-likeness (QED) is 0.184. The SMILES string of the molecule is Fc1ccc(-c2ccc(Cn3ccc4nc(-c5cccc(F)c5F)nc-4c3)cc2)c(OCC2CC=C(C(F)(F)F)O2)c1. The first-order valence-corrected chi connectivity index (χ1v) is 12.9. The minimum absolute atomic E-state index is 0.0176. The maximum atomic E-state index is 14.2. The van der Waals surface area contributed by atoms with Gasteiger partial charge in [-0.1, -0.05) is 30.3 Å². The van der Waals surface area contributed by atoms with Crippen molar-refractivity contribution in [3.8, 4) is 39.7 Å². The molecule has 0 radical (unpaired) electrons. The summed E-state index contributed by atoms with van der Waals surface area (Å²) >= 11 is 0.